The van der Waals surface area contributed by atoms with Crippen LogP contribution in [0.2, 0.25) is 0 Å². The molecular formula is C12H10F3IO4. The van der Waals surface area contributed by atoms with Crippen LogP contribution in [0.3, 0.4) is 0 Å². The molecule has 0 atom stereocenters. The van der Waals surface area contributed by atoms with Crippen molar-refractivity contribution < 1.29 is 32.2 Å². The predicted molar refractivity (Wildman–Crippen MR) is 70.9 cm³/mol. The molecule has 110 valence electrons. The Labute approximate surface area is 126 Å². The molecule has 1 aromatic rings. The molecule has 0 bridgehead atoms. The van der Waals surface area contributed by atoms with Gasteiger partial charge in [-0.05, 0) is 36.4 Å². The number of carbonyl (C=O) groups excluding carboxylic acids is 2. The Morgan fingerprint density at radius 2 is 1.30 bits per heavy atom. The maximum atomic E-state index is 14.0. The number of ether oxygens (including phenoxy) is 2. The fraction of sp³-hybridized carbons (Fsp3) is 0.333. The van der Waals surface area contributed by atoms with E-state index in [0.717, 1.165) is 0 Å². The van der Waals surface area contributed by atoms with Gasteiger partial charge < -0.3 is 9.47 Å². The molecule has 0 aromatic heterocycles. The molecule has 0 aliphatic heterocycles. The van der Waals surface area contributed by atoms with Crippen molar-refractivity contribution in [3.05, 3.63) is 32.1 Å². The summed E-state index contributed by atoms with van der Waals surface area (Å²) in [6, 6.07) is 0. The van der Waals surface area contributed by atoms with Crippen LogP contribution in [0.4, 0.5) is 13.2 Å². The number of benzene rings is 1. The second-order valence-electron chi connectivity index (χ2n) is 3.45. The van der Waals surface area contributed by atoms with E-state index in [1.807, 2.05) is 0 Å². The van der Waals surface area contributed by atoms with Crippen molar-refractivity contribution in [1.29, 1.82) is 0 Å². The highest BCUT2D eigenvalue weighted by Gasteiger charge is 2.33. The van der Waals surface area contributed by atoms with Crippen LogP contribution >= 0.6 is 22.6 Å². The molecule has 0 unspecified atom stereocenters. The van der Waals surface area contributed by atoms with E-state index in [4.69, 9.17) is 0 Å². The minimum Gasteiger partial charge on any atom is -0.462 e. The van der Waals surface area contributed by atoms with Crippen molar-refractivity contribution in [2.75, 3.05) is 13.2 Å². The van der Waals surface area contributed by atoms with Crippen LogP contribution < -0.4 is 0 Å². The van der Waals surface area contributed by atoms with Crippen molar-refractivity contribution in [2.45, 2.75) is 13.8 Å². The van der Waals surface area contributed by atoms with E-state index < -0.39 is 44.1 Å². The number of esters is 2. The Hall–Kier alpha value is -1.32. The highest BCUT2D eigenvalue weighted by Crippen LogP contribution is 2.27. The quantitative estimate of drug-likeness (QED) is 0.336. The van der Waals surface area contributed by atoms with Crippen LogP contribution in [0.15, 0.2) is 0 Å². The summed E-state index contributed by atoms with van der Waals surface area (Å²) in [5, 5.41) is 0. The van der Waals surface area contributed by atoms with Gasteiger partial charge in [-0.25, -0.2) is 22.8 Å². The lowest BCUT2D eigenvalue weighted by Gasteiger charge is -2.12. The van der Waals surface area contributed by atoms with Gasteiger partial charge in [0.05, 0.1) is 16.8 Å². The first-order valence-electron chi connectivity index (χ1n) is 5.56. The third-order valence-corrected chi connectivity index (χ3v) is 3.17. The van der Waals surface area contributed by atoms with Gasteiger partial charge in [0.15, 0.2) is 17.5 Å². The Kier molecular flexibility index (Phi) is 5.78. The summed E-state index contributed by atoms with van der Waals surface area (Å²) in [6.45, 7) is 2.62. The molecule has 1 rings (SSSR count). The van der Waals surface area contributed by atoms with E-state index in [9.17, 15) is 22.8 Å². The zero-order valence-corrected chi connectivity index (χ0v) is 12.7. The van der Waals surface area contributed by atoms with E-state index in [0.29, 0.717) is 0 Å². The zero-order valence-electron chi connectivity index (χ0n) is 10.6. The molecule has 0 fully saturated rings. The van der Waals surface area contributed by atoms with Gasteiger partial charge in [-0.2, -0.15) is 0 Å². The first-order chi connectivity index (χ1) is 9.36. The van der Waals surface area contributed by atoms with Crippen LogP contribution in [0.5, 0.6) is 0 Å². The molecule has 0 saturated heterocycles. The summed E-state index contributed by atoms with van der Waals surface area (Å²) in [6.07, 6.45) is 0. The van der Waals surface area contributed by atoms with Crippen molar-refractivity contribution in [3.8, 4) is 0 Å². The van der Waals surface area contributed by atoms with Gasteiger partial charge in [0.25, 0.3) is 0 Å². The van der Waals surface area contributed by atoms with Crippen LogP contribution in [0.1, 0.15) is 34.6 Å². The topological polar surface area (TPSA) is 52.6 Å². The van der Waals surface area contributed by atoms with E-state index in [-0.39, 0.29) is 13.2 Å². The molecule has 0 saturated carbocycles. The molecule has 4 nitrogen and oxygen atoms in total. The highest BCUT2D eigenvalue weighted by molar-refractivity contribution is 14.1. The van der Waals surface area contributed by atoms with Crippen molar-refractivity contribution >= 4 is 34.5 Å². The lowest BCUT2D eigenvalue weighted by atomic mass is 10.1. The van der Waals surface area contributed by atoms with Crippen LogP contribution in [0, 0.1) is 21.0 Å². The fourth-order valence-corrected chi connectivity index (χ4v) is 1.93. The number of hydrogen-bond acceptors (Lipinski definition) is 4. The van der Waals surface area contributed by atoms with E-state index in [2.05, 4.69) is 9.47 Å². The Morgan fingerprint density at radius 3 is 1.70 bits per heavy atom. The third kappa shape index (κ3) is 3.05. The maximum Gasteiger partial charge on any atom is 0.342 e. The molecule has 20 heavy (non-hydrogen) atoms. The lowest BCUT2D eigenvalue weighted by Crippen LogP contribution is -2.20. The Balaban J connectivity index is 3.60. The smallest absolute Gasteiger partial charge is 0.342 e. The molecule has 0 spiro atoms. The first-order valence-corrected chi connectivity index (χ1v) is 6.64. The molecular weight excluding hydrogens is 392 g/mol. The number of carbonyl (C=O) groups is 2. The fourth-order valence-electron chi connectivity index (χ4n) is 1.42. The van der Waals surface area contributed by atoms with E-state index >= 15 is 0 Å². The summed E-state index contributed by atoms with van der Waals surface area (Å²) < 4.78 is 49.6. The van der Waals surface area contributed by atoms with Gasteiger partial charge in [-0.3, -0.25) is 0 Å². The maximum absolute atomic E-state index is 14.0. The van der Waals surface area contributed by atoms with Gasteiger partial charge in [0.2, 0.25) is 0 Å². The molecule has 0 aliphatic carbocycles. The monoisotopic (exact) mass is 402 g/mol. The molecule has 8 heteroatoms. The van der Waals surface area contributed by atoms with Gasteiger partial charge in [-0.15, -0.1) is 0 Å². The summed E-state index contributed by atoms with van der Waals surface area (Å²) in [5.41, 5.74) is -2.06. The van der Waals surface area contributed by atoms with Crippen LogP contribution in [-0.2, 0) is 9.47 Å². The van der Waals surface area contributed by atoms with Crippen LogP contribution in [0.25, 0.3) is 0 Å². The number of rotatable bonds is 4. The van der Waals surface area contributed by atoms with Gasteiger partial charge in [0, 0.05) is 0 Å². The minimum absolute atomic E-state index is 0.115. The van der Waals surface area contributed by atoms with Crippen LogP contribution in [-0.4, -0.2) is 25.2 Å². The average molecular weight is 402 g/mol. The van der Waals surface area contributed by atoms with Gasteiger partial charge in [-0.1, -0.05) is 0 Å². The molecule has 0 radical (unpaired) electrons. The average Bonchev–Trinajstić information content (AvgIpc) is 2.40. The standard InChI is InChI=1S/C12H10F3IO4/c1-3-19-11(17)5-6(12(18)20-4-2)8(14)10(16)9(15)7(5)13/h3-4H2,1-2H3. The Bertz CT molecular complexity index is 511. The van der Waals surface area contributed by atoms with Gasteiger partial charge >= 0.3 is 11.9 Å². The molecule has 0 aliphatic rings. The summed E-state index contributed by atoms with van der Waals surface area (Å²) in [7, 11) is 0. The van der Waals surface area contributed by atoms with Gasteiger partial charge in [0.1, 0.15) is 11.1 Å². The van der Waals surface area contributed by atoms with Crippen molar-refractivity contribution in [3.63, 3.8) is 0 Å². The zero-order chi connectivity index (χ0) is 15.4. The predicted octanol–water partition coefficient (Wildman–Crippen LogP) is 3.06. The summed E-state index contributed by atoms with van der Waals surface area (Å²) in [5.74, 6) is -7.14. The summed E-state index contributed by atoms with van der Waals surface area (Å²) >= 11 is 1.19. The second-order valence-corrected chi connectivity index (χ2v) is 4.53. The highest BCUT2D eigenvalue weighted by atomic mass is 127. The van der Waals surface area contributed by atoms with E-state index in [1.54, 1.807) is 0 Å². The second kappa shape index (κ2) is 6.91. The molecule has 0 amide bonds. The van der Waals surface area contributed by atoms with Crippen molar-refractivity contribution in [2.24, 2.45) is 0 Å². The minimum atomic E-state index is -1.64. The SMILES string of the molecule is CCOC(=O)c1c(F)c(F)c(I)c(F)c1C(=O)OCC. The Morgan fingerprint density at radius 1 is 0.900 bits per heavy atom. The largest absolute Gasteiger partial charge is 0.462 e. The molecule has 0 N–H and O–H groups in total. The molecule has 1 aromatic carbocycles. The van der Waals surface area contributed by atoms with Crippen molar-refractivity contribution in [1.82, 2.24) is 0 Å². The molecule has 0 heterocycles. The number of hydrogen-bond donors (Lipinski definition) is 0. The normalized spacial score (nSPS) is 10.3. The summed E-state index contributed by atoms with van der Waals surface area (Å²) in [4.78, 5) is 23.3. The number of halogens is 4. The van der Waals surface area contributed by atoms with E-state index in [1.165, 1.54) is 36.4 Å². The first kappa shape index (κ1) is 16.7. The third-order valence-electron chi connectivity index (χ3n) is 2.23. The lowest BCUT2D eigenvalue weighted by molar-refractivity contribution is 0.0467.